The molecule has 2 N–H and O–H groups in total. The van der Waals surface area contributed by atoms with Crippen LogP contribution in [-0.4, -0.2) is 53.5 Å². The first kappa shape index (κ1) is 21.9. The van der Waals surface area contributed by atoms with Crippen LogP contribution < -0.4 is 9.47 Å². The van der Waals surface area contributed by atoms with E-state index in [0.29, 0.717) is 22.6 Å². The molecule has 2 aromatic carbocycles. The number of carbonyl (C=O) groups is 3. The molecule has 8 heteroatoms. The van der Waals surface area contributed by atoms with Crippen LogP contribution in [0.5, 0.6) is 11.5 Å². The SMILES string of the molecule is COc1ccc(C2/C(=C(/O)c3ccccc3)C(=O)C(=O)N2CCCC(=O)O)c(OC)c1. The topological polar surface area (TPSA) is 113 Å². The highest BCUT2D eigenvalue weighted by atomic mass is 16.5. The van der Waals surface area contributed by atoms with Crippen molar-refractivity contribution in [3.8, 4) is 11.5 Å². The van der Waals surface area contributed by atoms with Crippen LogP contribution >= 0.6 is 0 Å². The number of aliphatic hydroxyl groups excluding tert-OH is 1. The van der Waals surface area contributed by atoms with Gasteiger partial charge in [0, 0.05) is 30.2 Å². The number of methoxy groups -OCH3 is 2. The number of hydrogen-bond donors (Lipinski definition) is 2. The van der Waals surface area contributed by atoms with Crippen molar-refractivity contribution in [2.75, 3.05) is 20.8 Å². The standard InChI is InChI=1S/C23H23NO7/c1-30-15-10-11-16(17(13-15)31-2)20-19(21(27)14-7-4-3-5-8-14)22(28)23(29)24(20)12-6-9-18(25)26/h3-5,7-8,10-11,13,20,27H,6,9,12H2,1-2H3,(H,25,26)/b21-19-. The van der Waals surface area contributed by atoms with E-state index in [-0.39, 0.29) is 30.7 Å². The Morgan fingerprint density at radius 3 is 2.35 bits per heavy atom. The number of Topliss-reactive ketones (excluding diaryl/α,β-unsaturated/α-hetero) is 1. The van der Waals surface area contributed by atoms with E-state index in [0.717, 1.165) is 0 Å². The maximum absolute atomic E-state index is 12.9. The van der Waals surface area contributed by atoms with E-state index in [1.54, 1.807) is 48.5 Å². The van der Waals surface area contributed by atoms with Crippen LogP contribution in [0.3, 0.4) is 0 Å². The van der Waals surface area contributed by atoms with Crippen LogP contribution in [0.1, 0.15) is 30.0 Å². The second-order valence-corrected chi connectivity index (χ2v) is 6.96. The fourth-order valence-corrected chi connectivity index (χ4v) is 3.63. The van der Waals surface area contributed by atoms with E-state index in [1.165, 1.54) is 19.1 Å². The van der Waals surface area contributed by atoms with Crippen LogP contribution in [0.25, 0.3) is 5.76 Å². The van der Waals surface area contributed by atoms with E-state index < -0.39 is 23.7 Å². The van der Waals surface area contributed by atoms with Gasteiger partial charge in [-0.3, -0.25) is 14.4 Å². The molecule has 0 bridgehead atoms. The lowest BCUT2D eigenvalue weighted by atomic mass is 9.94. The largest absolute Gasteiger partial charge is 0.507 e. The van der Waals surface area contributed by atoms with Gasteiger partial charge in [0.05, 0.1) is 25.8 Å². The number of carbonyl (C=O) groups excluding carboxylic acids is 2. The number of aliphatic hydroxyl groups is 1. The van der Waals surface area contributed by atoms with Crippen molar-refractivity contribution >= 4 is 23.4 Å². The van der Waals surface area contributed by atoms with Gasteiger partial charge in [-0.1, -0.05) is 30.3 Å². The van der Waals surface area contributed by atoms with Crippen molar-refractivity contribution in [3.05, 3.63) is 65.2 Å². The Balaban J connectivity index is 2.16. The van der Waals surface area contributed by atoms with Crippen LogP contribution in [0, 0.1) is 0 Å². The fraction of sp³-hybridized carbons (Fsp3) is 0.261. The maximum Gasteiger partial charge on any atom is 0.303 e. The van der Waals surface area contributed by atoms with Gasteiger partial charge >= 0.3 is 5.97 Å². The first-order valence-electron chi connectivity index (χ1n) is 9.66. The molecule has 162 valence electrons. The molecule has 2 aromatic rings. The zero-order valence-electron chi connectivity index (χ0n) is 17.2. The van der Waals surface area contributed by atoms with E-state index >= 15 is 0 Å². The number of likely N-dealkylation sites (tertiary alicyclic amines) is 1. The smallest absolute Gasteiger partial charge is 0.303 e. The Morgan fingerprint density at radius 2 is 1.74 bits per heavy atom. The Kier molecular flexibility index (Phi) is 6.59. The monoisotopic (exact) mass is 425 g/mol. The Labute approximate surface area is 179 Å². The highest BCUT2D eigenvalue weighted by Gasteiger charge is 2.46. The molecule has 0 aliphatic carbocycles. The van der Waals surface area contributed by atoms with Gasteiger partial charge in [-0.25, -0.2) is 0 Å². The van der Waals surface area contributed by atoms with Crippen molar-refractivity contribution < 1.29 is 34.1 Å². The van der Waals surface area contributed by atoms with Crippen LogP contribution in [-0.2, 0) is 14.4 Å². The molecule has 0 spiro atoms. The number of carboxylic acids is 1. The summed E-state index contributed by atoms with van der Waals surface area (Å²) in [6.45, 7) is 0.0301. The molecule has 1 saturated heterocycles. The molecule has 3 rings (SSSR count). The van der Waals surface area contributed by atoms with Crippen molar-refractivity contribution in [3.63, 3.8) is 0 Å². The minimum absolute atomic E-state index is 0.0301. The molecule has 1 heterocycles. The minimum Gasteiger partial charge on any atom is -0.507 e. The van der Waals surface area contributed by atoms with Gasteiger partial charge in [0.15, 0.2) is 0 Å². The molecular formula is C23H23NO7. The highest BCUT2D eigenvalue weighted by molar-refractivity contribution is 6.46. The summed E-state index contributed by atoms with van der Waals surface area (Å²) in [5.74, 6) is -2.05. The summed E-state index contributed by atoms with van der Waals surface area (Å²) in [4.78, 5) is 38.0. The predicted molar refractivity (Wildman–Crippen MR) is 112 cm³/mol. The average Bonchev–Trinajstić information content (AvgIpc) is 3.03. The number of hydrogen-bond acceptors (Lipinski definition) is 6. The molecule has 0 aromatic heterocycles. The second kappa shape index (κ2) is 9.34. The van der Waals surface area contributed by atoms with Crippen molar-refractivity contribution in [2.45, 2.75) is 18.9 Å². The number of carboxylic acid groups (broad SMARTS) is 1. The number of nitrogens with zero attached hydrogens (tertiary/aromatic N) is 1. The first-order chi connectivity index (χ1) is 14.9. The zero-order chi connectivity index (χ0) is 22.5. The van der Waals surface area contributed by atoms with Crippen molar-refractivity contribution in [1.82, 2.24) is 4.90 Å². The summed E-state index contributed by atoms with van der Waals surface area (Å²) < 4.78 is 10.7. The number of aliphatic carboxylic acids is 1. The minimum atomic E-state index is -1.00. The number of benzene rings is 2. The molecule has 1 atom stereocenters. The molecule has 8 nitrogen and oxygen atoms in total. The molecule has 1 aliphatic rings. The predicted octanol–water partition coefficient (Wildman–Crippen LogP) is 2.99. The van der Waals surface area contributed by atoms with Crippen LogP contribution in [0.15, 0.2) is 54.1 Å². The first-order valence-corrected chi connectivity index (χ1v) is 9.66. The molecular weight excluding hydrogens is 402 g/mol. The van der Waals surface area contributed by atoms with Gasteiger partial charge in [0.1, 0.15) is 17.3 Å². The summed E-state index contributed by atoms with van der Waals surface area (Å²) in [6, 6.07) is 12.5. The fourth-order valence-electron chi connectivity index (χ4n) is 3.63. The molecule has 0 radical (unpaired) electrons. The second-order valence-electron chi connectivity index (χ2n) is 6.96. The van der Waals surface area contributed by atoms with E-state index in [2.05, 4.69) is 0 Å². The van der Waals surface area contributed by atoms with Gasteiger partial charge in [-0.05, 0) is 18.6 Å². The van der Waals surface area contributed by atoms with Crippen molar-refractivity contribution in [2.24, 2.45) is 0 Å². The molecule has 31 heavy (non-hydrogen) atoms. The van der Waals surface area contributed by atoms with E-state index in [4.69, 9.17) is 14.6 Å². The van der Waals surface area contributed by atoms with Gasteiger partial charge in [0.2, 0.25) is 0 Å². The normalized spacial score (nSPS) is 17.6. The third-order valence-corrected chi connectivity index (χ3v) is 5.11. The lowest BCUT2D eigenvalue weighted by molar-refractivity contribution is -0.140. The molecule has 1 amide bonds. The van der Waals surface area contributed by atoms with Crippen LogP contribution in [0.4, 0.5) is 0 Å². The van der Waals surface area contributed by atoms with E-state index in [1.807, 2.05) is 0 Å². The molecule has 1 fully saturated rings. The Morgan fingerprint density at radius 1 is 1.03 bits per heavy atom. The molecule has 1 unspecified atom stereocenters. The molecule has 0 saturated carbocycles. The van der Waals surface area contributed by atoms with Gasteiger partial charge in [-0.15, -0.1) is 0 Å². The van der Waals surface area contributed by atoms with Gasteiger partial charge in [0.25, 0.3) is 11.7 Å². The quantitative estimate of drug-likeness (QED) is 0.380. The summed E-state index contributed by atoms with van der Waals surface area (Å²) in [7, 11) is 2.95. The third kappa shape index (κ3) is 4.37. The van der Waals surface area contributed by atoms with E-state index in [9.17, 15) is 19.5 Å². The lowest BCUT2D eigenvalue weighted by Crippen LogP contribution is -2.31. The Bertz CT molecular complexity index is 1030. The maximum atomic E-state index is 12.9. The number of rotatable bonds is 8. The summed E-state index contributed by atoms with van der Waals surface area (Å²) in [5.41, 5.74) is 0.800. The lowest BCUT2D eigenvalue weighted by Gasteiger charge is -2.26. The molecule has 1 aliphatic heterocycles. The van der Waals surface area contributed by atoms with Crippen molar-refractivity contribution in [1.29, 1.82) is 0 Å². The van der Waals surface area contributed by atoms with Crippen LogP contribution in [0.2, 0.25) is 0 Å². The Hall–Kier alpha value is -3.81. The summed E-state index contributed by atoms with van der Waals surface area (Å²) in [6.07, 6.45) is -0.00312. The summed E-state index contributed by atoms with van der Waals surface area (Å²) in [5, 5.41) is 19.9. The third-order valence-electron chi connectivity index (χ3n) is 5.11. The number of ketones is 1. The summed E-state index contributed by atoms with van der Waals surface area (Å²) >= 11 is 0. The van der Waals surface area contributed by atoms with Gasteiger partial charge in [-0.2, -0.15) is 0 Å². The highest BCUT2D eigenvalue weighted by Crippen LogP contribution is 2.43. The van der Waals surface area contributed by atoms with Gasteiger partial charge < -0.3 is 24.6 Å². The zero-order valence-corrected chi connectivity index (χ0v) is 17.2. The number of amides is 1. The number of ether oxygens (including phenoxy) is 2. The average molecular weight is 425 g/mol.